The van der Waals surface area contributed by atoms with Gasteiger partial charge in [0.15, 0.2) is 0 Å². The van der Waals surface area contributed by atoms with E-state index in [2.05, 4.69) is 31.9 Å². The van der Waals surface area contributed by atoms with Crippen molar-refractivity contribution in [1.29, 1.82) is 0 Å². The normalized spacial score (nSPS) is 40.8. The standard InChI is InChI=1S/C10H18Br2ClO2PS/c11-7-1-3-9(5-7)17(16(13,14)15)10-4-2-8(12)6-10/h7-10,14-15H,1-6H2. The van der Waals surface area contributed by atoms with Gasteiger partial charge < -0.3 is 9.79 Å². The molecule has 102 valence electrons. The molecule has 2 nitrogen and oxygen atoms in total. The van der Waals surface area contributed by atoms with Gasteiger partial charge in [0, 0.05) is 20.2 Å². The fourth-order valence-corrected chi connectivity index (χ4v) is 13.2. The minimum absolute atomic E-state index is 0.406. The summed E-state index contributed by atoms with van der Waals surface area (Å²) in [4.78, 5) is 21.0. The summed E-state index contributed by atoms with van der Waals surface area (Å²) < 4.78 is 0. The van der Waals surface area contributed by atoms with Crippen LogP contribution in [-0.2, 0) is 10.1 Å². The predicted molar refractivity (Wildman–Crippen MR) is 85.3 cm³/mol. The number of alkyl halides is 2. The first-order valence-electron chi connectivity index (χ1n) is 5.93. The van der Waals surface area contributed by atoms with Gasteiger partial charge in [-0.1, -0.05) is 31.9 Å². The molecule has 0 aromatic heterocycles. The zero-order valence-electron chi connectivity index (χ0n) is 9.44. The van der Waals surface area contributed by atoms with Gasteiger partial charge in [0.2, 0.25) is 5.84 Å². The lowest BCUT2D eigenvalue weighted by molar-refractivity contribution is 0.499. The lowest BCUT2D eigenvalue weighted by Crippen LogP contribution is -2.23. The number of hydrogen-bond donors (Lipinski definition) is 2. The van der Waals surface area contributed by atoms with E-state index in [1.165, 1.54) is 0 Å². The maximum atomic E-state index is 9.98. The Morgan fingerprint density at radius 3 is 1.59 bits per heavy atom. The van der Waals surface area contributed by atoms with Crippen LogP contribution in [0.5, 0.6) is 0 Å². The van der Waals surface area contributed by atoms with Gasteiger partial charge in [0.25, 0.3) is 0 Å². The average Bonchev–Trinajstić information content (AvgIpc) is 2.75. The Balaban J connectivity index is 2.22. The van der Waals surface area contributed by atoms with E-state index in [-0.39, 0.29) is 0 Å². The third-order valence-corrected chi connectivity index (χ3v) is 12.8. The van der Waals surface area contributed by atoms with E-state index >= 15 is 0 Å². The first-order chi connectivity index (χ1) is 7.88. The first-order valence-corrected chi connectivity index (χ1v) is 12.3. The van der Waals surface area contributed by atoms with Crippen LogP contribution < -0.4 is 0 Å². The summed E-state index contributed by atoms with van der Waals surface area (Å²) in [7, 11) is -0.406. The molecule has 0 spiro atoms. The third-order valence-electron chi connectivity index (χ3n) is 3.59. The monoisotopic (exact) mass is 426 g/mol. The summed E-state index contributed by atoms with van der Waals surface area (Å²) in [6.45, 7) is 0. The van der Waals surface area contributed by atoms with Crippen LogP contribution in [0.15, 0.2) is 0 Å². The van der Waals surface area contributed by atoms with Gasteiger partial charge in [0.05, 0.1) is 0 Å². The summed E-state index contributed by atoms with van der Waals surface area (Å²) in [5.74, 6) is -3.22. The molecule has 2 fully saturated rings. The molecule has 0 radical (unpaired) electrons. The summed E-state index contributed by atoms with van der Waals surface area (Å²) in [5, 5.41) is 0.811. The smallest absolute Gasteiger partial charge is 0.236 e. The lowest BCUT2D eigenvalue weighted by Gasteiger charge is -2.26. The largest absolute Gasteiger partial charge is 0.338 e. The molecule has 0 heterocycles. The van der Waals surface area contributed by atoms with E-state index in [0.717, 1.165) is 38.5 Å². The highest BCUT2D eigenvalue weighted by molar-refractivity contribution is 9.09. The fourth-order valence-electron chi connectivity index (χ4n) is 2.87. The van der Waals surface area contributed by atoms with Crippen LogP contribution in [0.1, 0.15) is 38.5 Å². The lowest BCUT2D eigenvalue weighted by atomic mass is 10.4. The molecular formula is C10H18Br2ClO2PS. The number of rotatable bonds is 2. The molecule has 4 unspecified atom stereocenters. The van der Waals surface area contributed by atoms with Crippen LogP contribution in [0.2, 0.25) is 0 Å². The Hall–Kier alpha value is 1.95. The molecule has 2 saturated carbocycles. The van der Waals surface area contributed by atoms with Gasteiger partial charge in [-0.2, -0.15) is 0 Å². The van der Waals surface area contributed by atoms with Crippen LogP contribution in [0.4, 0.5) is 0 Å². The molecule has 0 saturated heterocycles. The molecule has 4 atom stereocenters. The maximum Gasteiger partial charge on any atom is 0.236 e. The van der Waals surface area contributed by atoms with Crippen LogP contribution in [0.25, 0.3) is 0 Å². The zero-order chi connectivity index (χ0) is 12.6. The molecule has 2 aliphatic rings. The van der Waals surface area contributed by atoms with Crippen molar-refractivity contribution in [3.05, 3.63) is 0 Å². The summed E-state index contributed by atoms with van der Waals surface area (Å²) >= 11 is 13.2. The van der Waals surface area contributed by atoms with Crippen molar-refractivity contribution < 1.29 is 9.79 Å². The van der Waals surface area contributed by atoms with Gasteiger partial charge >= 0.3 is 0 Å². The molecule has 7 heteroatoms. The van der Waals surface area contributed by atoms with Crippen molar-refractivity contribution in [2.75, 3.05) is 0 Å². The van der Waals surface area contributed by atoms with Crippen LogP contribution in [0, 0.1) is 0 Å². The van der Waals surface area contributed by atoms with E-state index in [1.807, 2.05) is 0 Å². The Labute approximate surface area is 127 Å². The molecule has 0 aliphatic heterocycles. The maximum absolute atomic E-state index is 9.98. The van der Waals surface area contributed by atoms with Crippen molar-refractivity contribution in [2.45, 2.75) is 58.7 Å². The highest BCUT2D eigenvalue weighted by atomic mass is 79.9. The van der Waals surface area contributed by atoms with E-state index in [0.29, 0.717) is 20.2 Å². The van der Waals surface area contributed by atoms with Gasteiger partial charge in [-0.3, -0.25) is 0 Å². The van der Waals surface area contributed by atoms with Crippen LogP contribution in [0.3, 0.4) is 0 Å². The molecule has 2 aliphatic carbocycles. The van der Waals surface area contributed by atoms with Crippen LogP contribution in [-0.4, -0.2) is 29.9 Å². The Bertz CT molecular complexity index is 319. The Morgan fingerprint density at radius 2 is 1.35 bits per heavy atom. The highest BCUT2D eigenvalue weighted by Gasteiger charge is 2.36. The molecule has 17 heavy (non-hydrogen) atoms. The molecule has 2 N–H and O–H groups in total. The van der Waals surface area contributed by atoms with Gasteiger partial charge in [-0.15, -0.1) is 10.1 Å². The van der Waals surface area contributed by atoms with E-state index in [1.54, 1.807) is 0 Å². The SMILES string of the molecule is OP(O)(Cl)=S(C1CCC(Br)C1)C1CCC(Br)C1. The molecule has 0 aromatic carbocycles. The van der Waals surface area contributed by atoms with Gasteiger partial charge in [-0.05, 0) is 49.8 Å². The molecule has 0 aromatic rings. The van der Waals surface area contributed by atoms with E-state index in [9.17, 15) is 9.79 Å². The third kappa shape index (κ3) is 3.96. The molecular weight excluding hydrogens is 410 g/mol. The summed E-state index contributed by atoms with van der Waals surface area (Å²) in [6.07, 6.45) is 6.52. The van der Waals surface area contributed by atoms with Crippen molar-refractivity contribution in [3.8, 4) is 0 Å². The Kier molecular flexibility index (Phi) is 5.55. The Morgan fingerprint density at radius 1 is 0.941 bits per heavy atom. The fraction of sp³-hybridized carbons (Fsp3) is 1.00. The predicted octanol–water partition coefficient (Wildman–Crippen LogP) is 4.14. The summed E-state index contributed by atoms with van der Waals surface area (Å²) in [5.41, 5.74) is 0. The second kappa shape index (κ2) is 6.15. The van der Waals surface area contributed by atoms with Gasteiger partial charge in [0.1, 0.15) is 0 Å². The average molecular weight is 429 g/mol. The van der Waals surface area contributed by atoms with Crippen molar-refractivity contribution in [1.82, 2.24) is 0 Å². The second-order valence-corrected chi connectivity index (χ2v) is 15.3. The highest BCUT2D eigenvalue weighted by Crippen LogP contribution is 2.54. The van der Waals surface area contributed by atoms with Gasteiger partial charge in [-0.25, -0.2) is 0 Å². The molecule has 0 bridgehead atoms. The minimum atomic E-state index is -3.22. The topological polar surface area (TPSA) is 40.5 Å². The molecule has 0 amide bonds. The first kappa shape index (κ1) is 15.3. The number of hydrogen-bond acceptors (Lipinski definition) is 0. The van der Waals surface area contributed by atoms with E-state index in [4.69, 9.17) is 11.2 Å². The number of halogens is 3. The minimum Gasteiger partial charge on any atom is -0.338 e. The summed E-state index contributed by atoms with van der Waals surface area (Å²) in [6, 6.07) is 0. The van der Waals surface area contributed by atoms with Crippen molar-refractivity contribution in [3.63, 3.8) is 0 Å². The second-order valence-electron chi connectivity index (χ2n) is 4.88. The van der Waals surface area contributed by atoms with Crippen LogP contribution >= 0.6 is 48.9 Å². The van der Waals surface area contributed by atoms with E-state index < -0.39 is 15.9 Å². The zero-order valence-corrected chi connectivity index (χ0v) is 15.1. The molecule has 2 rings (SSSR count). The van der Waals surface area contributed by atoms with Crippen molar-refractivity contribution in [2.24, 2.45) is 0 Å². The quantitative estimate of drug-likeness (QED) is 0.513. The van der Waals surface area contributed by atoms with Crippen molar-refractivity contribution >= 4 is 59.0 Å².